The van der Waals surface area contributed by atoms with Gasteiger partial charge in [0.1, 0.15) is 30.5 Å². The van der Waals surface area contributed by atoms with Crippen molar-refractivity contribution in [1.29, 1.82) is 0 Å². The average molecular weight is 981 g/mol. The molecule has 4 N–H and O–H groups in total. The summed E-state index contributed by atoms with van der Waals surface area (Å²) in [6, 6.07) is 0. The standard InChI is InChI=1S/C61H104O9/c1-3-5-7-9-11-13-15-17-19-21-23-25-27-29-31-33-35-37-39-41-43-45-47-49-51-67-53-55(54-68-61-60(66)59(65)58(64)56(52-62)70-61)69-57(63)50-48-46-44-42-40-38-36-34-32-30-28-26-24-22-20-18-16-14-12-10-8-6-4-2/h5-8,11-14,17-20,23-26,55-56,58-62,64-66H,3-4,9-10,15-16,21-22,27-54H2,1-2H3/b7-5-,8-6-,13-11-,14-12-,19-17-,20-18-,25-23-,26-24-. The quantitative estimate of drug-likeness (QED) is 0.0267. The van der Waals surface area contributed by atoms with Gasteiger partial charge in [-0.2, -0.15) is 0 Å². The molecule has 1 aliphatic heterocycles. The predicted molar refractivity (Wildman–Crippen MR) is 293 cm³/mol. The number of carbonyl (C=O) groups is 1. The molecular weight excluding hydrogens is 877 g/mol. The van der Waals surface area contributed by atoms with Gasteiger partial charge in [0.15, 0.2) is 6.29 Å². The molecule has 1 fully saturated rings. The molecule has 1 aliphatic rings. The first-order valence-corrected chi connectivity index (χ1v) is 28.3. The molecule has 6 atom stereocenters. The minimum Gasteiger partial charge on any atom is -0.457 e. The Hall–Kier alpha value is -2.89. The third-order valence-corrected chi connectivity index (χ3v) is 12.5. The van der Waals surface area contributed by atoms with Crippen molar-refractivity contribution < 1.29 is 44.2 Å². The summed E-state index contributed by atoms with van der Waals surface area (Å²) in [4.78, 5) is 12.9. The molecular formula is C61H104O9. The van der Waals surface area contributed by atoms with E-state index in [0.717, 1.165) is 89.9 Å². The summed E-state index contributed by atoms with van der Waals surface area (Å²) in [5.41, 5.74) is 0. The normalized spacial score (nSPS) is 19.7. The van der Waals surface area contributed by atoms with Gasteiger partial charge in [-0.05, 0) is 89.9 Å². The number of aliphatic hydroxyl groups excluding tert-OH is 4. The van der Waals surface area contributed by atoms with Crippen molar-refractivity contribution in [3.63, 3.8) is 0 Å². The third-order valence-electron chi connectivity index (χ3n) is 12.5. The second kappa shape index (κ2) is 51.0. The van der Waals surface area contributed by atoms with Gasteiger partial charge >= 0.3 is 5.97 Å². The monoisotopic (exact) mass is 981 g/mol. The van der Waals surface area contributed by atoms with Crippen molar-refractivity contribution >= 4 is 5.97 Å². The molecule has 402 valence electrons. The van der Waals surface area contributed by atoms with Gasteiger partial charge in [0.25, 0.3) is 0 Å². The van der Waals surface area contributed by atoms with E-state index in [1.54, 1.807) is 0 Å². The molecule has 1 saturated heterocycles. The van der Waals surface area contributed by atoms with E-state index in [9.17, 15) is 25.2 Å². The van der Waals surface area contributed by atoms with Crippen molar-refractivity contribution in [1.82, 2.24) is 0 Å². The Morgan fingerprint density at radius 3 is 1.24 bits per heavy atom. The summed E-state index contributed by atoms with van der Waals surface area (Å²) < 4.78 is 23.0. The Balaban J connectivity index is 2.17. The van der Waals surface area contributed by atoms with Gasteiger partial charge in [0, 0.05) is 13.0 Å². The molecule has 0 aliphatic carbocycles. The maximum atomic E-state index is 12.9. The fourth-order valence-electron chi connectivity index (χ4n) is 8.18. The van der Waals surface area contributed by atoms with E-state index < -0.39 is 43.4 Å². The molecule has 0 amide bonds. The summed E-state index contributed by atoms with van der Waals surface area (Å²) >= 11 is 0. The number of hydrogen-bond donors (Lipinski definition) is 4. The van der Waals surface area contributed by atoms with E-state index in [0.29, 0.717) is 13.0 Å². The van der Waals surface area contributed by atoms with Crippen LogP contribution in [-0.2, 0) is 23.7 Å². The first-order valence-electron chi connectivity index (χ1n) is 28.3. The zero-order chi connectivity index (χ0) is 50.6. The molecule has 70 heavy (non-hydrogen) atoms. The summed E-state index contributed by atoms with van der Waals surface area (Å²) in [5.74, 6) is -0.321. The molecule has 1 rings (SSSR count). The number of hydrogen-bond acceptors (Lipinski definition) is 9. The van der Waals surface area contributed by atoms with Crippen LogP contribution in [0.3, 0.4) is 0 Å². The van der Waals surface area contributed by atoms with Gasteiger partial charge in [-0.15, -0.1) is 0 Å². The van der Waals surface area contributed by atoms with Crippen molar-refractivity contribution in [2.75, 3.05) is 26.4 Å². The highest BCUT2D eigenvalue weighted by molar-refractivity contribution is 5.69. The molecule has 0 aromatic carbocycles. The van der Waals surface area contributed by atoms with E-state index in [1.807, 2.05) is 0 Å². The van der Waals surface area contributed by atoms with E-state index in [1.165, 1.54) is 109 Å². The fourth-order valence-corrected chi connectivity index (χ4v) is 8.18. The number of aliphatic hydroxyl groups is 4. The van der Waals surface area contributed by atoms with Crippen LogP contribution in [-0.4, -0.2) is 89.6 Å². The van der Waals surface area contributed by atoms with Gasteiger partial charge in [-0.25, -0.2) is 0 Å². The first kappa shape index (κ1) is 65.1. The lowest BCUT2D eigenvalue weighted by atomic mass is 9.99. The number of ether oxygens (including phenoxy) is 4. The van der Waals surface area contributed by atoms with Gasteiger partial charge in [0.2, 0.25) is 0 Å². The largest absolute Gasteiger partial charge is 0.457 e. The number of esters is 1. The highest BCUT2D eigenvalue weighted by Crippen LogP contribution is 2.23. The maximum absolute atomic E-state index is 12.9. The van der Waals surface area contributed by atoms with Crippen LogP contribution in [0.4, 0.5) is 0 Å². The summed E-state index contributed by atoms with van der Waals surface area (Å²) in [7, 11) is 0. The second-order valence-corrected chi connectivity index (χ2v) is 19.0. The molecule has 0 radical (unpaired) electrons. The van der Waals surface area contributed by atoms with E-state index in [4.69, 9.17) is 18.9 Å². The lowest BCUT2D eigenvalue weighted by Gasteiger charge is -2.39. The average Bonchev–Trinajstić information content (AvgIpc) is 3.36. The SMILES string of the molecule is CC/C=C\C/C=C\C/C=C\C/C=C\CCCCCCCCCCCCCOCC(COC1OC(CO)C(O)C(O)C1O)OC(=O)CCCCCCCCCCCC/C=C\C/C=C\C/C=C\C/C=C\CC. The summed E-state index contributed by atoms with van der Waals surface area (Å²) in [6.07, 6.45) is 64.4. The lowest BCUT2D eigenvalue weighted by molar-refractivity contribution is -0.305. The summed E-state index contributed by atoms with van der Waals surface area (Å²) in [5, 5.41) is 40.4. The van der Waals surface area contributed by atoms with Gasteiger partial charge in [-0.3, -0.25) is 4.79 Å². The predicted octanol–water partition coefficient (Wildman–Crippen LogP) is 14.7. The van der Waals surface area contributed by atoms with Gasteiger partial charge in [-0.1, -0.05) is 220 Å². The highest BCUT2D eigenvalue weighted by atomic mass is 16.7. The van der Waals surface area contributed by atoms with Crippen LogP contribution in [0.2, 0.25) is 0 Å². The Morgan fingerprint density at radius 1 is 0.457 bits per heavy atom. The van der Waals surface area contributed by atoms with Crippen LogP contribution in [0.5, 0.6) is 0 Å². The minimum absolute atomic E-state index is 0.121. The molecule has 0 saturated carbocycles. The van der Waals surface area contributed by atoms with Crippen LogP contribution >= 0.6 is 0 Å². The van der Waals surface area contributed by atoms with Crippen LogP contribution < -0.4 is 0 Å². The molecule has 1 heterocycles. The Labute approximate surface area is 428 Å². The van der Waals surface area contributed by atoms with Crippen molar-refractivity contribution in [2.24, 2.45) is 0 Å². The molecule has 6 unspecified atom stereocenters. The Kier molecular flexibility index (Phi) is 47.5. The molecule has 0 aromatic heterocycles. The molecule has 0 aromatic rings. The number of allylic oxidation sites excluding steroid dienone is 16. The minimum atomic E-state index is -1.54. The van der Waals surface area contributed by atoms with Crippen LogP contribution in [0.25, 0.3) is 0 Å². The van der Waals surface area contributed by atoms with Crippen molar-refractivity contribution in [3.05, 3.63) is 97.2 Å². The number of carbonyl (C=O) groups excluding carboxylic acids is 1. The second-order valence-electron chi connectivity index (χ2n) is 19.0. The first-order chi connectivity index (χ1) is 34.4. The van der Waals surface area contributed by atoms with E-state index in [2.05, 4.69) is 111 Å². The zero-order valence-corrected chi connectivity index (χ0v) is 44.5. The van der Waals surface area contributed by atoms with Crippen LogP contribution in [0.1, 0.15) is 219 Å². The van der Waals surface area contributed by atoms with E-state index >= 15 is 0 Å². The Morgan fingerprint density at radius 2 is 0.829 bits per heavy atom. The molecule has 0 bridgehead atoms. The van der Waals surface area contributed by atoms with E-state index in [-0.39, 0.29) is 19.2 Å². The van der Waals surface area contributed by atoms with Crippen molar-refractivity contribution in [2.45, 2.75) is 256 Å². The number of rotatable bonds is 48. The lowest BCUT2D eigenvalue weighted by Crippen LogP contribution is -2.59. The Bertz CT molecular complexity index is 1390. The molecule has 9 nitrogen and oxygen atoms in total. The highest BCUT2D eigenvalue weighted by Gasteiger charge is 2.44. The number of unbranched alkanes of at least 4 members (excludes halogenated alkanes) is 21. The van der Waals surface area contributed by atoms with Crippen molar-refractivity contribution in [3.8, 4) is 0 Å². The fraction of sp³-hybridized carbons (Fsp3) is 0.721. The van der Waals surface area contributed by atoms with Crippen LogP contribution in [0.15, 0.2) is 97.2 Å². The topological polar surface area (TPSA) is 135 Å². The molecule has 0 spiro atoms. The van der Waals surface area contributed by atoms with Crippen LogP contribution in [0, 0.1) is 0 Å². The smallest absolute Gasteiger partial charge is 0.306 e. The summed E-state index contributed by atoms with van der Waals surface area (Å²) in [6.45, 7) is 4.33. The van der Waals surface area contributed by atoms with Gasteiger partial charge in [0.05, 0.1) is 19.8 Å². The van der Waals surface area contributed by atoms with Gasteiger partial charge < -0.3 is 39.4 Å². The third kappa shape index (κ3) is 40.7. The molecule has 9 heteroatoms. The maximum Gasteiger partial charge on any atom is 0.306 e. The zero-order valence-electron chi connectivity index (χ0n) is 44.5.